The third-order valence-electron chi connectivity index (χ3n) is 4.25. The van der Waals surface area contributed by atoms with Crippen molar-refractivity contribution in [3.8, 4) is 0 Å². The standard InChI is InChI=1S/C15H29N3O3/c1-4-18(5-2)9-8-17-15(21)13(19)11(3)10-12-6-7-16-14(12)20/h11-13,19H,4-10H2,1-3H3,(H,16,20)(H,17,21)/t11-,12-,13?/m0/s1. The molecule has 0 aliphatic carbocycles. The molecule has 1 fully saturated rings. The lowest BCUT2D eigenvalue weighted by molar-refractivity contribution is -0.133. The first kappa shape index (κ1) is 17.9. The number of amides is 2. The van der Waals surface area contributed by atoms with Crippen molar-refractivity contribution >= 4 is 11.8 Å². The average Bonchev–Trinajstić information content (AvgIpc) is 2.87. The van der Waals surface area contributed by atoms with E-state index in [4.69, 9.17) is 0 Å². The molecule has 0 aromatic carbocycles. The molecule has 0 radical (unpaired) electrons. The van der Waals surface area contributed by atoms with Crippen molar-refractivity contribution in [1.82, 2.24) is 15.5 Å². The Morgan fingerprint density at radius 1 is 1.48 bits per heavy atom. The normalized spacial score (nSPS) is 21.2. The molecule has 1 unspecified atom stereocenters. The Morgan fingerprint density at radius 2 is 2.14 bits per heavy atom. The predicted octanol–water partition coefficient (Wildman–Crippen LogP) is -0.0324. The van der Waals surface area contributed by atoms with E-state index in [1.54, 1.807) is 0 Å². The third kappa shape index (κ3) is 5.63. The van der Waals surface area contributed by atoms with Gasteiger partial charge in [0.2, 0.25) is 11.8 Å². The Bertz CT molecular complexity index is 345. The summed E-state index contributed by atoms with van der Waals surface area (Å²) in [5.74, 6) is -0.588. The van der Waals surface area contributed by atoms with Crippen LogP contribution in [0.3, 0.4) is 0 Å². The maximum Gasteiger partial charge on any atom is 0.249 e. The molecule has 1 aliphatic rings. The van der Waals surface area contributed by atoms with Gasteiger partial charge >= 0.3 is 0 Å². The number of hydrogen-bond acceptors (Lipinski definition) is 4. The highest BCUT2D eigenvalue weighted by atomic mass is 16.3. The first-order valence-electron chi connectivity index (χ1n) is 7.95. The topological polar surface area (TPSA) is 81.7 Å². The first-order valence-corrected chi connectivity index (χ1v) is 7.95. The van der Waals surface area contributed by atoms with E-state index in [1.807, 2.05) is 6.92 Å². The summed E-state index contributed by atoms with van der Waals surface area (Å²) < 4.78 is 0. The minimum atomic E-state index is -1.05. The van der Waals surface area contributed by atoms with E-state index in [-0.39, 0.29) is 23.7 Å². The molecule has 0 bridgehead atoms. The molecule has 0 aromatic heterocycles. The summed E-state index contributed by atoms with van der Waals surface area (Å²) in [6.07, 6.45) is 0.297. The van der Waals surface area contributed by atoms with Crippen LogP contribution in [0.1, 0.15) is 33.6 Å². The van der Waals surface area contributed by atoms with Gasteiger partial charge < -0.3 is 20.6 Å². The molecule has 0 spiro atoms. The zero-order valence-corrected chi connectivity index (χ0v) is 13.4. The summed E-state index contributed by atoms with van der Waals surface area (Å²) in [4.78, 5) is 25.6. The molecule has 1 rings (SSSR count). The largest absolute Gasteiger partial charge is 0.383 e. The SMILES string of the molecule is CCN(CC)CCNC(=O)C(O)[C@@H](C)C[C@@H]1CCNC1=O. The maximum atomic E-state index is 11.9. The van der Waals surface area contributed by atoms with Gasteiger partial charge in [-0.15, -0.1) is 0 Å². The number of rotatable bonds is 9. The van der Waals surface area contributed by atoms with Crippen LogP contribution in [0.2, 0.25) is 0 Å². The predicted molar refractivity (Wildman–Crippen MR) is 81.7 cm³/mol. The van der Waals surface area contributed by atoms with Crippen molar-refractivity contribution in [2.24, 2.45) is 11.8 Å². The summed E-state index contributed by atoms with van der Waals surface area (Å²) in [6.45, 7) is 9.88. The van der Waals surface area contributed by atoms with Gasteiger partial charge in [0, 0.05) is 25.6 Å². The minimum absolute atomic E-state index is 0.0380. The van der Waals surface area contributed by atoms with Crippen molar-refractivity contribution in [1.29, 1.82) is 0 Å². The van der Waals surface area contributed by atoms with Crippen molar-refractivity contribution < 1.29 is 14.7 Å². The van der Waals surface area contributed by atoms with Gasteiger partial charge in [0.1, 0.15) is 6.10 Å². The third-order valence-corrected chi connectivity index (χ3v) is 4.25. The molecule has 3 atom stereocenters. The second kappa shape index (κ2) is 9.00. The highest BCUT2D eigenvalue weighted by molar-refractivity contribution is 5.82. The molecule has 6 heteroatoms. The van der Waals surface area contributed by atoms with Crippen molar-refractivity contribution in [3.05, 3.63) is 0 Å². The highest BCUT2D eigenvalue weighted by Gasteiger charge is 2.30. The average molecular weight is 299 g/mol. The van der Waals surface area contributed by atoms with Crippen LogP contribution in [0, 0.1) is 11.8 Å². The second-order valence-corrected chi connectivity index (χ2v) is 5.75. The summed E-state index contributed by atoms with van der Waals surface area (Å²) >= 11 is 0. The van der Waals surface area contributed by atoms with E-state index in [1.165, 1.54) is 0 Å². The first-order chi connectivity index (χ1) is 9.99. The minimum Gasteiger partial charge on any atom is -0.383 e. The molecule has 1 saturated heterocycles. The number of nitrogens with zero attached hydrogens (tertiary/aromatic N) is 1. The fraction of sp³-hybridized carbons (Fsp3) is 0.867. The Balaban J connectivity index is 2.30. The van der Waals surface area contributed by atoms with Crippen molar-refractivity contribution in [2.45, 2.75) is 39.7 Å². The van der Waals surface area contributed by atoms with E-state index >= 15 is 0 Å². The van der Waals surface area contributed by atoms with Gasteiger partial charge in [-0.25, -0.2) is 0 Å². The molecule has 1 aliphatic heterocycles. The summed E-state index contributed by atoms with van der Waals surface area (Å²) in [5, 5.41) is 15.6. The van der Waals surface area contributed by atoms with Gasteiger partial charge in [-0.2, -0.15) is 0 Å². The molecule has 6 nitrogen and oxygen atoms in total. The second-order valence-electron chi connectivity index (χ2n) is 5.75. The highest BCUT2D eigenvalue weighted by Crippen LogP contribution is 2.21. The molecule has 1 heterocycles. The lowest BCUT2D eigenvalue weighted by Gasteiger charge is -2.22. The molecule has 0 aromatic rings. The van der Waals surface area contributed by atoms with Gasteiger partial charge in [0.15, 0.2) is 0 Å². The summed E-state index contributed by atoms with van der Waals surface area (Å²) in [6, 6.07) is 0. The van der Waals surface area contributed by atoms with Gasteiger partial charge in [0.05, 0.1) is 0 Å². The lowest BCUT2D eigenvalue weighted by Crippen LogP contribution is -2.42. The molecule has 3 N–H and O–H groups in total. The molecule has 0 saturated carbocycles. The van der Waals surface area contributed by atoms with Crippen LogP contribution >= 0.6 is 0 Å². The molecular weight excluding hydrogens is 270 g/mol. The van der Waals surface area contributed by atoms with Gasteiger partial charge in [-0.05, 0) is 31.8 Å². The van der Waals surface area contributed by atoms with Crippen LogP contribution in [-0.2, 0) is 9.59 Å². The van der Waals surface area contributed by atoms with Crippen LogP contribution in [0.5, 0.6) is 0 Å². The van der Waals surface area contributed by atoms with Crippen molar-refractivity contribution in [3.63, 3.8) is 0 Å². The van der Waals surface area contributed by atoms with E-state index < -0.39 is 6.10 Å². The number of nitrogens with one attached hydrogen (secondary N) is 2. The Kier molecular flexibility index (Phi) is 7.67. The van der Waals surface area contributed by atoms with Crippen molar-refractivity contribution in [2.75, 3.05) is 32.7 Å². The number of aliphatic hydroxyl groups excluding tert-OH is 1. The molecule has 122 valence electrons. The zero-order valence-electron chi connectivity index (χ0n) is 13.4. The number of likely N-dealkylation sites (N-methyl/N-ethyl adjacent to an activating group) is 1. The van der Waals surface area contributed by atoms with Crippen LogP contribution < -0.4 is 10.6 Å². The summed E-state index contributed by atoms with van der Waals surface area (Å²) in [5.41, 5.74) is 0. The number of aliphatic hydroxyl groups is 1. The molecular formula is C15H29N3O3. The van der Waals surface area contributed by atoms with E-state index in [2.05, 4.69) is 29.4 Å². The number of carbonyl (C=O) groups excluding carboxylic acids is 2. The Hall–Kier alpha value is -1.14. The van der Waals surface area contributed by atoms with E-state index in [9.17, 15) is 14.7 Å². The molecule has 21 heavy (non-hydrogen) atoms. The van der Waals surface area contributed by atoms with Crippen LogP contribution in [-0.4, -0.2) is 60.6 Å². The lowest BCUT2D eigenvalue weighted by atomic mass is 9.90. The number of hydrogen-bond donors (Lipinski definition) is 3. The van der Waals surface area contributed by atoms with Gasteiger partial charge in [-0.3, -0.25) is 9.59 Å². The smallest absolute Gasteiger partial charge is 0.249 e. The van der Waals surface area contributed by atoms with Gasteiger partial charge in [-0.1, -0.05) is 20.8 Å². The number of carbonyl (C=O) groups is 2. The van der Waals surface area contributed by atoms with E-state index in [0.717, 1.165) is 26.1 Å². The zero-order chi connectivity index (χ0) is 15.8. The molecule has 2 amide bonds. The fourth-order valence-corrected chi connectivity index (χ4v) is 2.69. The van der Waals surface area contributed by atoms with E-state index in [0.29, 0.717) is 19.5 Å². The monoisotopic (exact) mass is 299 g/mol. The fourth-order valence-electron chi connectivity index (χ4n) is 2.69. The summed E-state index contributed by atoms with van der Waals surface area (Å²) in [7, 11) is 0. The van der Waals surface area contributed by atoms with Crippen LogP contribution in [0.4, 0.5) is 0 Å². The van der Waals surface area contributed by atoms with Crippen LogP contribution in [0.15, 0.2) is 0 Å². The maximum absolute atomic E-state index is 11.9. The van der Waals surface area contributed by atoms with Gasteiger partial charge in [0.25, 0.3) is 0 Å². The quantitative estimate of drug-likeness (QED) is 0.558. The Labute approximate surface area is 127 Å². The van der Waals surface area contributed by atoms with Crippen LogP contribution in [0.25, 0.3) is 0 Å². The Morgan fingerprint density at radius 3 is 2.67 bits per heavy atom.